The van der Waals surface area contributed by atoms with Crippen LogP contribution in [-0.2, 0) is 11.3 Å². The van der Waals surface area contributed by atoms with Crippen LogP contribution < -0.4 is 15.0 Å². The first-order valence-electron chi connectivity index (χ1n) is 10.4. The molecule has 3 rings (SSSR count). The fraction of sp³-hybridized carbons (Fsp3) is 0.333. The van der Waals surface area contributed by atoms with Gasteiger partial charge in [-0.1, -0.05) is 25.1 Å². The van der Waals surface area contributed by atoms with E-state index in [1.807, 2.05) is 6.92 Å². The Morgan fingerprint density at radius 2 is 1.85 bits per heavy atom. The number of nitrogens with zero attached hydrogens (tertiary/aromatic N) is 2. The molecule has 0 spiro atoms. The zero-order valence-electron chi connectivity index (χ0n) is 19.0. The molecule has 0 aliphatic heterocycles. The highest BCUT2D eigenvalue weighted by atomic mass is 32.2. The summed E-state index contributed by atoms with van der Waals surface area (Å²) in [5.74, 6) is 0.382. The number of ketones is 1. The monoisotopic (exact) mass is 470 g/mol. The summed E-state index contributed by atoms with van der Waals surface area (Å²) in [6, 6.07) is 9.67. The lowest BCUT2D eigenvalue weighted by molar-refractivity contribution is 0.0600. The molecule has 0 unspecified atom stereocenters. The van der Waals surface area contributed by atoms with E-state index in [1.165, 1.54) is 32.0 Å². The highest BCUT2D eigenvalue weighted by Crippen LogP contribution is 2.27. The molecule has 1 aromatic heterocycles. The van der Waals surface area contributed by atoms with Crippen molar-refractivity contribution in [2.75, 3.05) is 27.1 Å². The van der Waals surface area contributed by atoms with E-state index >= 15 is 0 Å². The van der Waals surface area contributed by atoms with E-state index in [0.29, 0.717) is 45.2 Å². The Labute approximate surface area is 195 Å². The van der Waals surface area contributed by atoms with Crippen LogP contribution in [0.25, 0.3) is 10.9 Å². The van der Waals surface area contributed by atoms with Crippen molar-refractivity contribution in [1.82, 2.24) is 9.55 Å². The Balaban J connectivity index is 1.97. The van der Waals surface area contributed by atoms with Crippen LogP contribution in [0, 0.1) is 0 Å². The second-order valence-electron chi connectivity index (χ2n) is 7.21. The largest absolute Gasteiger partial charge is 0.497 e. The lowest BCUT2D eigenvalue weighted by Crippen LogP contribution is -2.24. The van der Waals surface area contributed by atoms with Gasteiger partial charge in [-0.15, -0.1) is 0 Å². The first-order chi connectivity index (χ1) is 15.9. The van der Waals surface area contributed by atoms with Crippen LogP contribution in [0.5, 0.6) is 11.5 Å². The van der Waals surface area contributed by atoms with Crippen molar-refractivity contribution in [1.29, 1.82) is 0 Å². The van der Waals surface area contributed by atoms with Gasteiger partial charge in [0, 0.05) is 12.6 Å². The van der Waals surface area contributed by atoms with Crippen LogP contribution in [0.3, 0.4) is 0 Å². The van der Waals surface area contributed by atoms with Crippen LogP contribution in [0.2, 0.25) is 0 Å². The molecule has 3 aromatic rings. The molecule has 0 bridgehead atoms. The van der Waals surface area contributed by atoms with Crippen LogP contribution in [-0.4, -0.2) is 48.4 Å². The van der Waals surface area contributed by atoms with Crippen molar-refractivity contribution in [2.24, 2.45) is 0 Å². The Bertz CT molecular complexity index is 1240. The summed E-state index contributed by atoms with van der Waals surface area (Å²) in [5, 5.41) is 0.829. The van der Waals surface area contributed by atoms with E-state index in [4.69, 9.17) is 14.2 Å². The van der Waals surface area contributed by atoms with E-state index in [0.717, 1.165) is 12.8 Å². The van der Waals surface area contributed by atoms with Gasteiger partial charge in [0.1, 0.15) is 11.5 Å². The molecule has 2 aromatic carbocycles. The maximum Gasteiger partial charge on any atom is 0.337 e. The number of benzene rings is 2. The molecule has 0 aliphatic carbocycles. The summed E-state index contributed by atoms with van der Waals surface area (Å²) < 4.78 is 16.9. The summed E-state index contributed by atoms with van der Waals surface area (Å²) in [6.07, 6.45) is 1.69. The summed E-state index contributed by atoms with van der Waals surface area (Å²) in [4.78, 5) is 42.6. The number of unbranched alkanes of at least 4 members (excludes halogenated alkanes) is 1. The van der Waals surface area contributed by atoms with Crippen LogP contribution in [0.4, 0.5) is 0 Å². The molecular formula is C24H26N2O6S. The number of Topliss-reactive ketones (excluding diaryl/α,β-unsaturated/α-hetero) is 1. The number of carbonyl (C=O) groups is 2. The van der Waals surface area contributed by atoms with Gasteiger partial charge >= 0.3 is 5.97 Å². The summed E-state index contributed by atoms with van der Waals surface area (Å²) >= 11 is 1.18. The number of methoxy groups -OCH3 is 3. The lowest BCUT2D eigenvalue weighted by atomic mass is 10.1. The third-order valence-corrected chi connectivity index (χ3v) is 6.09. The Hall–Kier alpha value is -3.33. The first kappa shape index (κ1) is 24.3. The molecule has 8 nitrogen and oxygen atoms in total. The van der Waals surface area contributed by atoms with Gasteiger partial charge in [0.2, 0.25) is 0 Å². The van der Waals surface area contributed by atoms with Crippen molar-refractivity contribution in [2.45, 2.75) is 31.5 Å². The van der Waals surface area contributed by atoms with E-state index in [1.54, 1.807) is 42.0 Å². The predicted octanol–water partition coefficient (Wildman–Crippen LogP) is 3.98. The molecule has 1 heterocycles. The van der Waals surface area contributed by atoms with Gasteiger partial charge in [-0.3, -0.25) is 14.2 Å². The summed E-state index contributed by atoms with van der Waals surface area (Å²) in [7, 11) is 4.33. The SMILES string of the molecule is CCCCn1c(SCC(=O)c2ccc(OC)cc2OC)nc2cc(C(=O)OC)ccc2c1=O. The molecule has 0 saturated carbocycles. The van der Waals surface area contributed by atoms with Gasteiger partial charge < -0.3 is 14.2 Å². The average Bonchev–Trinajstić information content (AvgIpc) is 2.85. The van der Waals surface area contributed by atoms with Crippen molar-refractivity contribution in [3.63, 3.8) is 0 Å². The minimum absolute atomic E-state index is 0.0590. The number of carbonyl (C=O) groups excluding carboxylic acids is 2. The van der Waals surface area contributed by atoms with Gasteiger partial charge in [0.05, 0.1) is 49.1 Å². The molecule has 0 saturated heterocycles. The molecule has 33 heavy (non-hydrogen) atoms. The molecule has 0 N–H and O–H groups in total. The minimum Gasteiger partial charge on any atom is -0.497 e. The van der Waals surface area contributed by atoms with E-state index in [-0.39, 0.29) is 17.1 Å². The second kappa shape index (κ2) is 11.0. The van der Waals surface area contributed by atoms with Crippen molar-refractivity contribution in [3.8, 4) is 11.5 Å². The minimum atomic E-state index is -0.509. The van der Waals surface area contributed by atoms with Gasteiger partial charge in [-0.05, 0) is 36.8 Å². The van der Waals surface area contributed by atoms with E-state index in [9.17, 15) is 14.4 Å². The molecule has 0 aliphatic rings. The third kappa shape index (κ3) is 5.36. The number of esters is 1. The normalized spacial score (nSPS) is 10.8. The quantitative estimate of drug-likeness (QED) is 0.190. The van der Waals surface area contributed by atoms with Crippen molar-refractivity contribution in [3.05, 3.63) is 57.9 Å². The molecule has 9 heteroatoms. The number of ether oxygens (including phenoxy) is 3. The van der Waals surface area contributed by atoms with Gasteiger partial charge in [0.15, 0.2) is 10.9 Å². The predicted molar refractivity (Wildman–Crippen MR) is 127 cm³/mol. The average molecular weight is 471 g/mol. The van der Waals surface area contributed by atoms with Gasteiger partial charge in [-0.2, -0.15) is 0 Å². The number of hydrogen-bond donors (Lipinski definition) is 0. The summed E-state index contributed by atoms with van der Waals surface area (Å²) in [6.45, 7) is 2.52. The number of aromatic nitrogens is 2. The molecule has 0 fully saturated rings. The number of fused-ring (bicyclic) bond motifs is 1. The van der Waals surface area contributed by atoms with Crippen molar-refractivity contribution >= 4 is 34.4 Å². The highest BCUT2D eigenvalue weighted by Gasteiger charge is 2.18. The third-order valence-electron chi connectivity index (χ3n) is 5.12. The molecule has 0 radical (unpaired) electrons. The highest BCUT2D eigenvalue weighted by molar-refractivity contribution is 7.99. The van der Waals surface area contributed by atoms with Crippen LogP contribution in [0.15, 0.2) is 46.3 Å². The zero-order valence-corrected chi connectivity index (χ0v) is 19.9. The maximum atomic E-state index is 13.2. The van der Waals surface area contributed by atoms with Crippen LogP contribution >= 0.6 is 11.8 Å². The zero-order chi connectivity index (χ0) is 24.0. The van der Waals surface area contributed by atoms with E-state index in [2.05, 4.69) is 4.98 Å². The Kier molecular flexibility index (Phi) is 8.11. The second-order valence-corrected chi connectivity index (χ2v) is 8.15. The molecule has 0 atom stereocenters. The number of rotatable bonds is 10. The first-order valence-corrected chi connectivity index (χ1v) is 11.4. The topological polar surface area (TPSA) is 96.7 Å². The standard InChI is InChI=1S/C24H26N2O6S/c1-5-6-11-26-22(28)17-9-7-15(23(29)32-4)12-19(17)25-24(26)33-14-20(27)18-10-8-16(30-2)13-21(18)31-3/h7-10,12-13H,5-6,11,14H2,1-4H3. The Morgan fingerprint density at radius 1 is 1.06 bits per heavy atom. The van der Waals surface area contributed by atoms with E-state index < -0.39 is 5.97 Å². The van der Waals surface area contributed by atoms with Gasteiger partial charge in [-0.25, -0.2) is 9.78 Å². The smallest absolute Gasteiger partial charge is 0.337 e. The molecule has 174 valence electrons. The number of thioether (sulfide) groups is 1. The molecular weight excluding hydrogens is 444 g/mol. The number of hydrogen-bond acceptors (Lipinski definition) is 8. The molecule has 0 amide bonds. The Morgan fingerprint density at radius 3 is 2.52 bits per heavy atom. The summed E-state index contributed by atoms with van der Waals surface area (Å²) in [5.41, 5.74) is 0.898. The van der Waals surface area contributed by atoms with Gasteiger partial charge in [0.25, 0.3) is 5.56 Å². The van der Waals surface area contributed by atoms with Crippen molar-refractivity contribution < 1.29 is 23.8 Å². The lowest BCUT2D eigenvalue weighted by Gasteiger charge is -2.14. The maximum absolute atomic E-state index is 13.2. The fourth-order valence-electron chi connectivity index (χ4n) is 3.31. The van der Waals surface area contributed by atoms with Crippen LogP contribution in [0.1, 0.15) is 40.5 Å². The fourth-order valence-corrected chi connectivity index (χ4v) is 4.21.